The Bertz CT molecular complexity index is 1140. The maximum atomic E-state index is 12.7. The van der Waals surface area contributed by atoms with Crippen LogP contribution in [0.15, 0.2) is 53.8 Å². The number of carbonyl (C=O) groups is 2. The summed E-state index contributed by atoms with van der Waals surface area (Å²) in [6.45, 7) is 6.58. The molecule has 3 aromatic rings. The molecule has 1 aromatic heterocycles. The molecule has 0 spiro atoms. The van der Waals surface area contributed by atoms with Crippen molar-refractivity contribution in [1.29, 1.82) is 0 Å². The molecule has 0 fully saturated rings. The van der Waals surface area contributed by atoms with Crippen LogP contribution >= 0.6 is 23.2 Å². The van der Waals surface area contributed by atoms with Crippen LogP contribution in [0.5, 0.6) is 0 Å². The van der Waals surface area contributed by atoms with Gasteiger partial charge in [0.1, 0.15) is 6.04 Å². The van der Waals surface area contributed by atoms with Gasteiger partial charge >= 0.3 is 0 Å². The number of hydrazone groups is 1. The normalized spacial score (nSPS) is 12.5. The number of fused-ring (bicyclic) bond motifs is 1. The summed E-state index contributed by atoms with van der Waals surface area (Å²) in [6.07, 6.45) is 3.60. The molecular formula is C23H24Cl2N4O2. The molecule has 0 aliphatic carbocycles. The Morgan fingerprint density at radius 3 is 2.58 bits per heavy atom. The first-order valence-corrected chi connectivity index (χ1v) is 10.7. The zero-order valence-corrected chi connectivity index (χ0v) is 19.0. The highest BCUT2D eigenvalue weighted by molar-refractivity contribution is 6.36. The van der Waals surface area contributed by atoms with Crippen LogP contribution in [0, 0.1) is 5.92 Å². The fourth-order valence-electron chi connectivity index (χ4n) is 3.30. The highest BCUT2D eigenvalue weighted by Gasteiger charge is 2.25. The van der Waals surface area contributed by atoms with E-state index in [9.17, 15) is 9.59 Å². The molecule has 0 bridgehead atoms. The molecule has 0 saturated carbocycles. The molecule has 0 aliphatic heterocycles. The lowest BCUT2D eigenvalue weighted by Crippen LogP contribution is -2.48. The molecule has 3 rings (SSSR count). The minimum absolute atomic E-state index is 0.160. The van der Waals surface area contributed by atoms with Crippen molar-refractivity contribution in [2.75, 3.05) is 0 Å². The van der Waals surface area contributed by atoms with Crippen LogP contribution in [-0.2, 0) is 11.3 Å². The third-order valence-corrected chi connectivity index (χ3v) is 5.50. The van der Waals surface area contributed by atoms with Crippen molar-refractivity contribution in [3.05, 3.63) is 69.8 Å². The Kier molecular flexibility index (Phi) is 7.36. The van der Waals surface area contributed by atoms with E-state index < -0.39 is 17.9 Å². The smallest absolute Gasteiger partial charge is 0.262 e. The van der Waals surface area contributed by atoms with E-state index in [4.69, 9.17) is 23.2 Å². The van der Waals surface area contributed by atoms with Gasteiger partial charge in [-0.3, -0.25) is 9.59 Å². The van der Waals surface area contributed by atoms with Gasteiger partial charge < -0.3 is 9.88 Å². The molecular weight excluding hydrogens is 435 g/mol. The summed E-state index contributed by atoms with van der Waals surface area (Å²) >= 11 is 12.0. The average Bonchev–Trinajstić information content (AvgIpc) is 3.09. The number of carbonyl (C=O) groups excluding carboxylic acids is 2. The number of rotatable bonds is 7. The summed E-state index contributed by atoms with van der Waals surface area (Å²) in [5.41, 5.74) is 4.79. The maximum Gasteiger partial charge on any atom is 0.262 e. The van der Waals surface area contributed by atoms with E-state index in [1.165, 1.54) is 12.1 Å². The van der Waals surface area contributed by atoms with Crippen LogP contribution in [0.3, 0.4) is 0 Å². The largest absolute Gasteiger partial charge is 0.347 e. The lowest BCUT2D eigenvalue weighted by atomic mass is 10.0. The van der Waals surface area contributed by atoms with Crippen LogP contribution in [0.1, 0.15) is 36.7 Å². The predicted octanol–water partition coefficient (Wildman–Crippen LogP) is 4.87. The number of benzene rings is 2. The Hall–Kier alpha value is -2.83. The fraction of sp³-hybridized carbons (Fsp3) is 0.261. The van der Waals surface area contributed by atoms with E-state index in [2.05, 4.69) is 27.3 Å². The second-order valence-electron chi connectivity index (χ2n) is 7.44. The molecule has 162 valence electrons. The van der Waals surface area contributed by atoms with Crippen molar-refractivity contribution < 1.29 is 9.59 Å². The Morgan fingerprint density at radius 1 is 1.16 bits per heavy atom. The zero-order chi connectivity index (χ0) is 22.5. The third-order valence-electron chi connectivity index (χ3n) is 4.95. The molecule has 0 aliphatic rings. The van der Waals surface area contributed by atoms with Crippen LogP contribution in [0.25, 0.3) is 10.9 Å². The standard InChI is InChI=1S/C23H24Cl2N4O2/c1-4-29-13-15(17-7-5-6-8-20(17)29)12-26-28-23(31)21(14(2)3)27-22(30)18-10-9-16(24)11-19(18)25/h5-14,21H,4H2,1-3H3,(H,27,30)(H,28,31)/b26-12-. The van der Waals surface area contributed by atoms with Gasteiger partial charge in [0, 0.05) is 34.2 Å². The number of hydrogen-bond donors (Lipinski definition) is 2. The summed E-state index contributed by atoms with van der Waals surface area (Å²) in [4.78, 5) is 25.3. The van der Waals surface area contributed by atoms with Crippen molar-refractivity contribution in [2.24, 2.45) is 11.0 Å². The molecule has 2 amide bonds. The first kappa shape index (κ1) is 22.8. The fourth-order valence-corrected chi connectivity index (χ4v) is 3.80. The lowest BCUT2D eigenvalue weighted by Gasteiger charge is -2.20. The average molecular weight is 459 g/mol. The van der Waals surface area contributed by atoms with Crippen molar-refractivity contribution in [1.82, 2.24) is 15.3 Å². The second kappa shape index (κ2) is 9.98. The first-order chi connectivity index (χ1) is 14.8. The van der Waals surface area contributed by atoms with Crippen LogP contribution in [0.2, 0.25) is 10.0 Å². The SMILES string of the molecule is CCn1cc(/C=N\NC(=O)C(NC(=O)c2ccc(Cl)cc2Cl)C(C)C)c2ccccc21. The van der Waals surface area contributed by atoms with Crippen molar-refractivity contribution in [2.45, 2.75) is 33.4 Å². The minimum Gasteiger partial charge on any atom is -0.347 e. The summed E-state index contributed by atoms with van der Waals surface area (Å²) in [5, 5.41) is 8.55. The van der Waals surface area contributed by atoms with E-state index >= 15 is 0 Å². The molecule has 0 saturated heterocycles. The van der Waals surface area contributed by atoms with Crippen LogP contribution < -0.4 is 10.7 Å². The Morgan fingerprint density at radius 2 is 1.90 bits per heavy atom. The van der Waals surface area contributed by atoms with E-state index in [0.717, 1.165) is 23.0 Å². The van der Waals surface area contributed by atoms with Crippen molar-refractivity contribution in [3.8, 4) is 0 Å². The molecule has 1 heterocycles. The van der Waals surface area contributed by atoms with Gasteiger partial charge in [0.25, 0.3) is 11.8 Å². The van der Waals surface area contributed by atoms with Crippen LogP contribution in [0.4, 0.5) is 0 Å². The highest BCUT2D eigenvalue weighted by atomic mass is 35.5. The summed E-state index contributed by atoms with van der Waals surface area (Å²) in [6, 6.07) is 11.8. The zero-order valence-electron chi connectivity index (χ0n) is 17.5. The van der Waals surface area contributed by atoms with E-state index in [1.807, 2.05) is 44.3 Å². The van der Waals surface area contributed by atoms with Crippen molar-refractivity contribution >= 4 is 52.1 Å². The highest BCUT2D eigenvalue weighted by Crippen LogP contribution is 2.22. The summed E-state index contributed by atoms with van der Waals surface area (Å²) < 4.78 is 2.12. The van der Waals surface area contributed by atoms with Gasteiger partial charge in [0.15, 0.2) is 0 Å². The number of nitrogens with one attached hydrogen (secondary N) is 2. The quantitative estimate of drug-likeness (QED) is 0.391. The van der Waals surface area contributed by atoms with Gasteiger partial charge in [-0.25, -0.2) is 5.43 Å². The van der Waals surface area contributed by atoms with Gasteiger partial charge in [-0.15, -0.1) is 0 Å². The van der Waals surface area contributed by atoms with Crippen molar-refractivity contribution in [3.63, 3.8) is 0 Å². The van der Waals surface area contributed by atoms with Gasteiger partial charge in [-0.05, 0) is 37.1 Å². The van der Waals surface area contributed by atoms with E-state index in [-0.39, 0.29) is 16.5 Å². The van der Waals surface area contributed by atoms with Gasteiger partial charge in [-0.1, -0.05) is 55.2 Å². The first-order valence-electron chi connectivity index (χ1n) is 9.98. The number of amides is 2. The number of hydrogen-bond acceptors (Lipinski definition) is 3. The monoisotopic (exact) mass is 458 g/mol. The number of para-hydroxylation sites is 1. The molecule has 1 atom stereocenters. The lowest BCUT2D eigenvalue weighted by molar-refractivity contribution is -0.123. The molecule has 6 nitrogen and oxygen atoms in total. The predicted molar refractivity (Wildman–Crippen MR) is 126 cm³/mol. The van der Waals surface area contributed by atoms with Crippen LogP contribution in [-0.4, -0.2) is 28.6 Å². The molecule has 0 radical (unpaired) electrons. The second-order valence-corrected chi connectivity index (χ2v) is 8.28. The summed E-state index contributed by atoms with van der Waals surface area (Å²) in [5.74, 6) is -1.03. The number of aryl methyl sites for hydroxylation is 1. The number of halogens is 2. The molecule has 8 heteroatoms. The topological polar surface area (TPSA) is 75.5 Å². The summed E-state index contributed by atoms with van der Waals surface area (Å²) in [7, 11) is 0. The molecule has 2 N–H and O–H groups in total. The number of aromatic nitrogens is 1. The van der Waals surface area contributed by atoms with Gasteiger partial charge in [-0.2, -0.15) is 5.10 Å². The molecule has 2 aromatic carbocycles. The van der Waals surface area contributed by atoms with E-state index in [0.29, 0.717) is 5.02 Å². The van der Waals surface area contributed by atoms with Gasteiger partial charge in [0.2, 0.25) is 0 Å². The maximum absolute atomic E-state index is 12.7. The number of nitrogens with zero attached hydrogens (tertiary/aromatic N) is 2. The van der Waals surface area contributed by atoms with E-state index in [1.54, 1.807) is 12.3 Å². The molecule has 31 heavy (non-hydrogen) atoms. The minimum atomic E-state index is -0.784. The molecule has 1 unspecified atom stereocenters. The third kappa shape index (κ3) is 5.27. The Balaban J connectivity index is 1.72. The Labute approximate surface area is 191 Å². The van der Waals surface area contributed by atoms with Gasteiger partial charge in [0.05, 0.1) is 16.8 Å².